The van der Waals surface area contributed by atoms with E-state index >= 15 is 0 Å². The molecular weight excluding hydrogens is 296 g/mol. The third-order valence-corrected chi connectivity index (χ3v) is 8.33. The Kier molecular flexibility index (Phi) is 2.20. The average molecular weight is 320 g/mol. The molecule has 2 bridgehead atoms. The normalized spacial score (nSPS) is 47.2. The summed E-state index contributed by atoms with van der Waals surface area (Å²) in [5.74, 6) is 1.48. The maximum absolute atomic E-state index is 6.40. The van der Waals surface area contributed by atoms with Crippen LogP contribution in [-0.2, 0) is 10.2 Å². The number of hydrogen-bond acceptors (Lipinski definition) is 3. The van der Waals surface area contributed by atoms with Gasteiger partial charge in [-0.3, -0.25) is 4.90 Å². The van der Waals surface area contributed by atoms with Gasteiger partial charge in [0.25, 0.3) is 0 Å². The second-order valence-corrected chi connectivity index (χ2v) is 8.79. The van der Waals surface area contributed by atoms with Gasteiger partial charge >= 0.3 is 0 Å². The average Bonchev–Trinajstić information content (AvgIpc) is 3.08. The first-order valence-corrected chi connectivity index (χ1v) is 9.79. The van der Waals surface area contributed by atoms with Crippen LogP contribution in [0.5, 0.6) is 0 Å². The number of anilines is 1. The summed E-state index contributed by atoms with van der Waals surface area (Å²) in [5, 5.41) is 0. The zero-order chi connectivity index (χ0) is 15.5. The Bertz CT molecular complexity index is 773. The number of benzene rings is 1. The van der Waals surface area contributed by atoms with Gasteiger partial charge in [0.15, 0.2) is 0 Å². The second-order valence-electron chi connectivity index (χ2n) is 8.79. The zero-order valence-electron chi connectivity index (χ0n) is 14.0. The maximum Gasteiger partial charge on any atom is 0.0654 e. The molecule has 6 aliphatic rings. The van der Waals surface area contributed by atoms with Gasteiger partial charge < -0.3 is 9.64 Å². The van der Waals surface area contributed by atoms with Crippen molar-refractivity contribution in [3.05, 3.63) is 41.5 Å². The fourth-order valence-corrected chi connectivity index (χ4v) is 7.68. The Morgan fingerprint density at radius 1 is 1.17 bits per heavy atom. The van der Waals surface area contributed by atoms with Gasteiger partial charge in [0.1, 0.15) is 0 Å². The number of hydrogen-bond donors (Lipinski definition) is 0. The molecular formula is C21H24N2O. The van der Waals surface area contributed by atoms with E-state index in [2.05, 4.69) is 40.1 Å². The van der Waals surface area contributed by atoms with Gasteiger partial charge in [0, 0.05) is 42.2 Å². The molecule has 0 amide bonds. The first-order chi connectivity index (χ1) is 11.9. The highest BCUT2D eigenvalue weighted by molar-refractivity contribution is 5.67. The van der Waals surface area contributed by atoms with Crippen molar-refractivity contribution in [3.63, 3.8) is 0 Å². The summed E-state index contributed by atoms with van der Waals surface area (Å²) in [6, 6.07) is 10.8. The Morgan fingerprint density at radius 3 is 3.12 bits per heavy atom. The van der Waals surface area contributed by atoms with Gasteiger partial charge in [0.05, 0.1) is 12.7 Å². The third-order valence-electron chi connectivity index (χ3n) is 8.33. The van der Waals surface area contributed by atoms with Crippen molar-refractivity contribution < 1.29 is 4.74 Å². The van der Waals surface area contributed by atoms with Gasteiger partial charge in [-0.2, -0.15) is 0 Å². The van der Waals surface area contributed by atoms with Gasteiger partial charge in [-0.25, -0.2) is 0 Å². The highest BCUT2D eigenvalue weighted by Crippen LogP contribution is 2.65. The first kappa shape index (κ1) is 13.0. The van der Waals surface area contributed by atoms with E-state index in [0.717, 1.165) is 18.6 Å². The molecule has 1 saturated carbocycles. The molecule has 0 radical (unpaired) electrons. The van der Waals surface area contributed by atoms with Crippen LogP contribution >= 0.6 is 0 Å². The molecule has 124 valence electrons. The van der Waals surface area contributed by atoms with E-state index in [1.54, 1.807) is 16.8 Å². The lowest BCUT2D eigenvalue weighted by atomic mass is 9.53. The Hall–Kier alpha value is -1.32. The van der Waals surface area contributed by atoms with Crippen LogP contribution in [0, 0.1) is 11.8 Å². The Labute approximate surface area is 143 Å². The largest absolute Gasteiger partial charge is 0.374 e. The molecule has 24 heavy (non-hydrogen) atoms. The highest BCUT2D eigenvalue weighted by Gasteiger charge is 2.69. The van der Waals surface area contributed by atoms with Gasteiger partial charge in [-0.15, -0.1) is 0 Å². The first-order valence-electron chi connectivity index (χ1n) is 9.79. The number of rotatable bonds is 0. The van der Waals surface area contributed by atoms with Crippen LogP contribution in [-0.4, -0.2) is 49.3 Å². The number of para-hydroxylation sites is 1. The minimum absolute atomic E-state index is 0.371. The molecule has 1 aromatic carbocycles. The van der Waals surface area contributed by atoms with Crippen molar-refractivity contribution in [1.29, 1.82) is 0 Å². The molecule has 3 heteroatoms. The van der Waals surface area contributed by atoms with E-state index in [-0.39, 0.29) is 0 Å². The van der Waals surface area contributed by atoms with E-state index in [4.69, 9.17) is 4.74 Å². The molecule has 1 aliphatic carbocycles. The third kappa shape index (κ3) is 1.23. The molecule has 4 fully saturated rings. The number of piperidine rings is 2. The number of nitrogens with zero attached hydrogens (tertiary/aromatic N) is 2. The van der Waals surface area contributed by atoms with E-state index < -0.39 is 0 Å². The van der Waals surface area contributed by atoms with Crippen molar-refractivity contribution in [2.24, 2.45) is 11.8 Å². The Morgan fingerprint density at radius 2 is 2.12 bits per heavy atom. The minimum Gasteiger partial charge on any atom is -0.374 e. The van der Waals surface area contributed by atoms with Crippen LogP contribution in [0.3, 0.4) is 0 Å². The van der Waals surface area contributed by atoms with E-state index in [0.29, 0.717) is 23.5 Å². The predicted molar refractivity (Wildman–Crippen MR) is 93.3 cm³/mol. The number of fused-ring (bicyclic) bond motifs is 2. The highest BCUT2D eigenvalue weighted by atomic mass is 16.5. The monoisotopic (exact) mass is 320 g/mol. The van der Waals surface area contributed by atoms with Crippen molar-refractivity contribution >= 4 is 5.69 Å². The summed E-state index contributed by atoms with van der Waals surface area (Å²) in [4.78, 5) is 5.62. The van der Waals surface area contributed by atoms with Crippen molar-refractivity contribution in [3.8, 4) is 0 Å². The minimum atomic E-state index is 0.371. The Balaban J connectivity index is 1.53. The molecule has 0 unspecified atom stereocenters. The zero-order valence-corrected chi connectivity index (χ0v) is 14.0. The van der Waals surface area contributed by atoms with Crippen molar-refractivity contribution in [2.75, 3.05) is 31.1 Å². The lowest BCUT2D eigenvalue weighted by Gasteiger charge is -2.59. The summed E-state index contributed by atoms with van der Waals surface area (Å²) in [7, 11) is 0. The molecule has 6 atom stereocenters. The molecule has 3 nitrogen and oxygen atoms in total. The summed E-state index contributed by atoms with van der Waals surface area (Å²) >= 11 is 0. The van der Waals surface area contributed by atoms with E-state index in [1.165, 1.54) is 38.9 Å². The van der Waals surface area contributed by atoms with Crippen molar-refractivity contribution in [2.45, 2.75) is 42.9 Å². The van der Waals surface area contributed by atoms with E-state index in [9.17, 15) is 0 Å². The molecule has 3 saturated heterocycles. The quantitative estimate of drug-likeness (QED) is 0.683. The fourth-order valence-electron chi connectivity index (χ4n) is 7.68. The summed E-state index contributed by atoms with van der Waals surface area (Å²) in [5.41, 5.74) is 5.28. The van der Waals surface area contributed by atoms with Crippen LogP contribution in [0.1, 0.15) is 24.8 Å². The lowest BCUT2D eigenvalue weighted by Crippen LogP contribution is -2.68. The topological polar surface area (TPSA) is 15.7 Å². The molecule has 0 N–H and O–H groups in total. The van der Waals surface area contributed by atoms with E-state index in [1.807, 2.05) is 0 Å². The smallest absolute Gasteiger partial charge is 0.0654 e. The second kappa shape index (κ2) is 4.08. The van der Waals surface area contributed by atoms with Crippen LogP contribution in [0.2, 0.25) is 0 Å². The molecule has 0 aromatic heterocycles. The predicted octanol–water partition coefficient (Wildman–Crippen LogP) is 2.57. The molecule has 7 rings (SSSR count). The summed E-state index contributed by atoms with van der Waals surface area (Å²) in [6.45, 7) is 4.52. The van der Waals surface area contributed by atoms with Gasteiger partial charge in [0.2, 0.25) is 0 Å². The SMILES string of the molecule is C1=C2CN3CC[C@]45c6ccccc6N6CC[C@H](OC1)[C@@H]([C@H]64)[C@H]2C[C@H]35. The van der Waals surface area contributed by atoms with Crippen molar-refractivity contribution in [1.82, 2.24) is 4.90 Å². The lowest BCUT2D eigenvalue weighted by molar-refractivity contribution is -0.0566. The van der Waals surface area contributed by atoms with Crippen LogP contribution < -0.4 is 4.90 Å². The summed E-state index contributed by atoms with van der Waals surface area (Å²) in [6.07, 6.45) is 6.84. The molecule has 1 spiro atoms. The van der Waals surface area contributed by atoms with Gasteiger partial charge in [-0.05, 0) is 43.4 Å². The van der Waals surface area contributed by atoms with Gasteiger partial charge in [-0.1, -0.05) is 29.8 Å². The van der Waals surface area contributed by atoms with Crippen LogP contribution in [0.15, 0.2) is 35.9 Å². The standard InChI is InChI=1S/C21H24N2O/c1-2-4-16-15(3-1)21-7-9-22-12-13-6-10-24-17-5-8-23(16)20(21)19(17)14(13)11-18(21)22/h1-4,6,14,17-20H,5,7-12H2/t14-,17-,18-,19-,20-,21+/m0/s1. The van der Waals surface area contributed by atoms with Crippen LogP contribution in [0.25, 0.3) is 0 Å². The fraction of sp³-hybridized carbons (Fsp3) is 0.619. The van der Waals surface area contributed by atoms with Crippen LogP contribution in [0.4, 0.5) is 5.69 Å². The molecule has 5 aliphatic heterocycles. The molecule has 1 aromatic rings. The maximum atomic E-state index is 6.40. The number of ether oxygens (including phenoxy) is 1. The summed E-state index contributed by atoms with van der Waals surface area (Å²) < 4.78 is 6.40. The molecule has 5 heterocycles.